The van der Waals surface area contributed by atoms with Gasteiger partial charge in [0.25, 0.3) is 5.91 Å². The third kappa shape index (κ3) is 4.10. The Morgan fingerprint density at radius 2 is 1.75 bits per heavy atom. The lowest BCUT2D eigenvalue weighted by Gasteiger charge is -2.43. The summed E-state index contributed by atoms with van der Waals surface area (Å²) in [6.07, 6.45) is 4.49. The van der Waals surface area contributed by atoms with Crippen molar-refractivity contribution in [3.8, 4) is 0 Å². The molecule has 2 unspecified atom stereocenters. The number of nitrogens with zero attached hydrogens (tertiary/aromatic N) is 4. The molecule has 0 fully saturated rings. The summed E-state index contributed by atoms with van der Waals surface area (Å²) >= 11 is 6.06. The second-order valence-corrected chi connectivity index (χ2v) is 8.38. The monoisotopic (exact) mass is 448 g/mol. The minimum Gasteiger partial charge on any atom is -0.305 e. The van der Waals surface area contributed by atoms with Gasteiger partial charge in [0.05, 0.1) is 11.6 Å². The van der Waals surface area contributed by atoms with Crippen molar-refractivity contribution in [1.82, 2.24) is 9.97 Å². The Balaban J connectivity index is 1.75. The standard InChI is InChI=1S/C25H25ClN4O2/c1-4-24-27-14-18(15-28-24)25(32)29-16(2)13-23(21-7-5-6-8-22(21)29)30(17(3)31)20-11-9-19(26)10-12-20/h5-12,14-16,23H,4,13H2,1-3H3. The van der Waals surface area contributed by atoms with Gasteiger partial charge < -0.3 is 9.80 Å². The minimum absolute atomic E-state index is 0.0670. The minimum atomic E-state index is -0.206. The Morgan fingerprint density at radius 3 is 2.38 bits per heavy atom. The fourth-order valence-electron chi connectivity index (χ4n) is 4.31. The molecular formula is C25H25ClN4O2. The van der Waals surface area contributed by atoms with Gasteiger partial charge in [-0.1, -0.05) is 36.7 Å². The molecule has 3 aromatic rings. The summed E-state index contributed by atoms with van der Waals surface area (Å²) in [6.45, 7) is 5.54. The van der Waals surface area contributed by atoms with E-state index in [4.69, 9.17) is 11.6 Å². The van der Waals surface area contributed by atoms with Gasteiger partial charge >= 0.3 is 0 Å². The molecule has 0 N–H and O–H groups in total. The van der Waals surface area contributed by atoms with Crippen LogP contribution in [0.5, 0.6) is 0 Å². The van der Waals surface area contributed by atoms with E-state index in [0.29, 0.717) is 29.3 Å². The van der Waals surface area contributed by atoms with E-state index < -0.39 is 0 Å². The number of carbonyl (C=O) groups is 2. The van der Waals surface area contributed by atoms with Gasteiger partial charge in [0.1, 0.15) is 5.82 Å². The summed E-state index contributed by atoms with van der Waals surface area (Å²) in [7, 11) is 0. The van der Waals surface area contributed by atoms with E-state index >= 15 is 0 Å². The zero-order valence-electron chi connectivity index (χ0n) is 18.3. The number of benzene rings is 2. The normalized spacial score (nSPS) is 17.6. The Labute approximate surface area is 192 Å². The van der Waals surface area contributed by atoms with E-state index in [2.05, 4.69) is 9.97 Å². The molecule has 0 radical (unpaired) electrons. The maximum atomic E-state index is 13.4. The summed E-state index contributed by atoms with van der Waals surface area (Å²) in [6, 6.07) is 14.7. The first-order valence-corrected chi connectivity index (χ1v) is 11.1. The molecule has 2 amide bonds. The van der Waals surface area contributed by atoms with Crippen LogP contribution in [0.25, 0.3) is 0 Å². The van der Waals surface area contributed by atoms with Gasteiger partial charge in [0, 0.05) is 48.2 Å². The van der Waals surface area contributed by atoms with E-state index in [1.54, 1.807) is 41.2 Å². The van der Waals surface area contributed by atoms with Gasteiger partial charge in [0.15, 0.2) is 0 Å². The lowest BCUT2D eigenvalue weighted by atomic mass is 9.89. The van der Waals surface area contributed by atoms with Crippen LogP contribution in [0.2, 0.25) is 5.02 Å². The fraction of sp³-hybridized carbons (Fsp3) is 0.280. The molecule has 0 spiro atoms. The number of aryl methyl sites for hydroxylation is 1. The van der Waals surface area contributed by atoms with E-state index in [9.17, 15) is 9.59 Å². The highest BCUT2D eigenvalue weighted by molar-refractivity contribution is 6.30. The predicted octanol–water partition coefficient (Wildman–Crippen LogP) is 5.23. The van der Waals surface area contributed by atoms with Crippen molar-refractivity contribution in [3.63, 3.8) is 0 Å². The maximum Gasteiger partial charge on any atom is 0.261 e. The third-order valence-corrected chi connectivity index (χ3v) is 6.06. The van der Waals surface area contributed by atoms with Crippen LogP contribution in [-0.4, -0.2) is 27.8 Å². The summed E-state index contributed by atoms with van der Waals surface area (Å²) in [5.74, 6) is 0.489. The number of hydrogen-bond donors (Lipinski definition) is 0. The van der Waals surface area contributed by atoms with Gasteiger partial charge in [0.2, 0.25) is 5.91 Å². The number of aromatic nitrogens is 2. The highest BCUT2D eigenvalue weighted by atomic mass is 35.5. The number of carbonyl (C=O) groups excluding carboxylic acids is 2. The second kappa shape index (κ2) is 9.09. The molecule has 1 aromatic heterocycles. The Morgan fingerprint density at radius 1 is 1.09 bits per heavy atom. The molecule has 7 heteroatoms. The van der Waals surface area contributed by atoms with E-state index in [-0.39, 0.29) is 23.9 Å². The van der Waals surface area contributed by atoms with Gasteiger partial charge in [-0.05, 0) is 49.2 Å². The fourth-order valence-corrected chi connectivity index (χ4v) is 4.43. The van der Waals surface area contributed by atoms with Crippen LogP contribution in [0.15, 0.2) is 60.9 Å². The van der Waals surface area contributed by atoms with Gasteiger partial charge in [-0.3, -0.25) is 9.59 Å². The van der Waals surface area contributed by atoms with Crippen molar-refractivity contribution >= 4 is 34.8 Å². The first-order chi connectivity index (χ1) is 15.4. The van der Waals surface area contributed by atoms with E-state index in [1.807, 2.05) is 50.2 Å². The first kappa shape index (κ1) is 22.0. The smallest absolute Gasteiger partial charge is 0.261 e. The molecule has 4 rings (SSSR count). The third-order valence-electron chi connectivity index (χ3n) is 5.80. The van der Waals surface area contributed by atoms with Crippen LogP contribution in [0.1, 0.15) is 55.0 Å². The molecular weight excluding hydrogens is 424 g/mol. The van der Waals surface area contributed by atoms with Crippen molar-refractivity contribution in [2.45, 2.75) is 45.7 Å². The van der Waals surface area contributed by atoms with Crippen molar-refractivity contribution in [1.29, 1.82) is 0 Å². The molecule has 164 valence electrons. The summed E-state index contributed by atoms with van der Waals surface area (Å²) in [4.78, 5) is 38.3. The lowest BCUT2D eigenvalue weighted by Crippen LogP contribution is -2.47. The molecule has 2 atom stereocenters. The molecule has 0 saturated heterocycles. The molecule has 1 aliphatic rings. The largest absolute Gasteiger partial charge is 0.305 e. The molecule has 2 heterocycles. The van der Waals surface area contributed by atoms with Crippen LogP contribution < -0.4 is 9.80 Å². The SMILES string of the molecule is CCc1ncc(C(=O)N2c3ccccc3C(N(C(C)=O)c3ccc(Cl)cc3)CC2C)cn1. The zero-order chi connectivity index (χ0) is 22.8. The number of para-hydroxylation sites is 1. The summed E-state index contributed by atoms with van der Waals surface area (Å²) in [5, 5.41) is 0.614. The number of amides is 2. The first-order valence-electron chi connectivity index (χ1n) is 10.7. The van der Waals surface area contributed by atoms with Crippen molar-refractivity contribution in [2.24, 2.45) is 0 Å². The van der Waals surface area contributed by atoms with Crippen LogP contribution in [0, 0.1) is 0 Å². The number of rotatable bonds is 4. The van der Waals surface area contributed by atoms with Gasteiger partial charge in [-0.15, -0.1) is 0 Å². The maximum absolute atomic E-state index is 13.4. The molecule has 0 saturated carbocycles. The predicted molar refractivity (Wildman–Crippen MR) is 126 cm³/mol. The Hall–Kier alpha value is -3.25. The quantitative estimate of drug-likeness (QED) is 0.548. The number of hydrogen-bond acceptors (Lipinski definition) is 4. The van der Waals surface area contributed by atoms with E-state index in [0.717, 1.165) is 16.9 Å². The molecule has 2 aromatic carbocycles. The number of halogens is 1. The molecule has 0 bridgehead atoms. The topological polar surface area (TPSA) is 66.4 Å². The van der Waals surface area contributed by atoms with Crippen molar-refractivity contribution < 1.29 is 9.59 Å². The van der Waals surface area contributed by atoms with Crippen LogP contribution >= 0.6 is 11.6 Å². The lowest BCUT2D eigenvalue weighted by molar-refractivity contribution is -0.117. The van der Waals surface area contributed by atoms with Gasteiger partial charge in [-0.2, -0.15) is 0 Å². The highest BCUT2D eigenvalue weighted by Crippen LogP contribution is 2.42. The summed E-state index contributed by atoms with van der Waals surface area (Å²) < 4.78 is 0. The second-order valence-electron chi connectivity index (χ2n) is 7.94. The van der Waals surface area contributed by atoms with Gasteiger partial charge in [-0.25, -0.2) is 9.97 Å². The van der Waals surface area contributed by atoms with Crippen LogP contribution in [-0.2, 0) is 11.2 Å². The Kier molecular flexibility index (Phi) is 6.24. The summed E-state index contributed by atoms with van der Waals surface area (Å²) in [5.41, 5.74) is 2.94. The van der Waals surface area contributed by atoms with Crippen LogP contribution in [0.3, 0.4) is 0 Å². The molecule has 1 aliphatic heterocycles. The average molecular weight is 449 g/mol. The number of anilines is 2. The zero-order valence-corrected chi connectivity index (χ0v) is 19.1. The average Bonchev–Trinajstić information content (AvgIpc) is 2.80. The van der Waals surface area contributed by atoms with Crippen molar-refractivity contribution in [3.05, 3.63) is 82.9 Å². The Bertz CT molecular complexity index is 1130. The molecule has 32 heavy (non-hydrogen) atoms. The molecule has 0 aliphatic carbocycles. The highest BCUT2D eigenvalue weighted by Gasteiger charge is 2.38. The van der Waals surface area contributed by atoms with Crippen molar-refractivity contribution in [2.75, 3.05) is 9.80 Å². The van der Waals surface area contributed by atoms with E-state index in [1.165, 1.54) is 0 Å². The molecule has 6 nitrogen and oxygen atoms in total. The number of fused-ring (bicyclic) bond motifs is 1. The van der Waals surface area contributed by atoms with Crippen LogP contribution in [0.4, 0.5) is 11.4 Å².